The number of hydrogen-bond acceptors (Lipinski definition) is 0. The normalized spacial score (nSPS) is 29.6. The molecule has 26 heavy (non-hydrogen) atoms. The lowest BCUT2D eigenvalue weighted by Crippen LogP contribution is -2.26. The number of halogens is 1. The highest BCUT2D eigenvalue weighted by atomic mass is 19.1. The molecule has 0 radical (unpaired) electrons. The van der Waals surface area contributed by atoms with Crippen molar-refractivity contribution in [2.24, 2.45) is 23.7 Å². The second kappa shape index (κ2) is 10.5. The van der Waals surface area contributed by atoms with Crippen LogP contribution in [0, 0.1) is 29.5 Å². The molecule has 0 spiro atoms. The molecular weight excluding hydrogens is 319 g/mol. The molecule has 146 valence electrons. The Morgan fingerprint density at radius 3 is 1.81 bits per heavy atom. The van der Waals surface area contributed by atoms with E-state index in [1.54, 1.807) is 12.1 Å². The van der Waals surface area contributed by atoms with E-state index in [-0.39, 0.29) is 5.82 Å². The fourth-order valence-electron chi connectivity index (χ4n) is 5.60. The molecule has 2 fully saturated rings. The molecule has 1 heteroatoms. The maximum atomic E-state index is 13.0. The monoisotopic (exact) mass is 358 g/mol. The summed E-state index contributed by atoms with van der Waals surface area (Å²) < 4.78 is 13.0. The molecule has 1 aromatic carbocycles. The van der Waals surface area contributed by atoms with Gasteiger partial charge in [0.1, 0.15) is 5.82 Å². The van der Waals surface area contributed by atoms with Gasteiger partial charge in [-0.25, -0.2) is 4.39 Å². The Bertz CT molecular complexity index is 489. The zero-order chi connectivity index (χ0) is 18.2. The van der Waals surface area contributed by atoms with Gasteiger partial charge in [-0.3, -0.25) is 0 Å². The van der Waals surface area contributed by atoms with Crippen LogP contribution in [0.4, 0.5) is 4.39 Å². The average molecular weight is 359 g/mol. The largest absolute Gasteiger partial charge is 0.207 e. The van der Waals surface area contributed by atoms with Gasteiger partial charge in [0.2, 0.25) is 0 Å². The first kappa shape index (κ1) is 19.9. The van der Waals surface area contributed by atoms with Gasteiger partial charge in [0.15, 0.2) is 0 Å². The lowest BCUT2D eigenvalue weighted by molar-refractivity contribution is 0.140. The zero-order valence-corrected chi connectivity index (χ0v) is 16.9. The highest BCUT2D eigenvalue weighted by Gasteiger charge is 2.30. The van der Waals surface area contributed by atoms with E-state index in [1.165, 1.54) is 89.0 Å². The van der Waals surface area contributed by atoms with Crippen LogP contribution in [0.3, 0.4) is 0 Å². The quantitative estimate of drug-likeness (QED) is 0.413. The summed E-state index contributed by atoms with van der Waals surface area (Å²) in [4.78, 5) is 0. The fourth-order valence-corrected chi connectivity index (χ4v) is 5.60. The number of rotatable bonds is 8. The summed E-state index contributed by atoms with van der Waals surface area (Å²) in [5.74, 6) is 3.89. The summed E-state index contributed by atoms with van der Waals surface area (Å²) in [5, 5.41) is 0. The van der Waals surface area contributed by atoms with Gasteiger partial charge in [-0.15, -0.1) is 0 Å². The minimum absolute atomic E-state index is 0.116. The van der Waals surface area contributed by atoms with Crippen LogP contribution in [0.15, 0.2) is 24.3 Å². The van der Waals surface area contributed by atoms with Crippen molar-refractivity contribution >= 4 is 0 Å². The van der Waals surface area contributed by atoms with Crippen molar-refractivity contribution in [3.05, 3.63) is 35.6 Å². The van der Waals surface area contributed by atoms with Gasteiger partial charge < -0.3 is 0 Å². The molecule has 0 nitrogen and oxygen atoms in total. The second-order valence-electron chi connectivity index (χ2n) is 9.22. The summed E-state index contributed by atoms with van der Waals surface area (Å²) >= 11 is 0. The van der Waals surface area contributed by atoms with Crippen LogP contribution in [0.2, 0.25) is 0 Å². The van der Waals surface area contributed by atoms with Crippen molar-refractivity contribution in [2.75, 3.05) is 0 Å². The van der Waals surface area contributed by atoms with Crippen LogP contribution in [0.1, 0.15) is 96.0 Å². The SMILES string of the molecule is CCCCCC1CCC([C@H]2CC[C@H](CCc3ccc(F)cc3)CC2)CC1. The highest BCUT2D eigenvalue weighted by molar-refractivity contribution is 5.16. The number of aryl methyl sites for hydroxylation is 1. The maximum absolute atomic E-state index is 13.0. The molecule has 0 bridgehead atoms. The topological polar surface area (TPSA) is 0 Å². The van der Waals surface area contributed by atoms with Crippen LogP contribution in [0.25, 0.3) is 0 Å². The van der Waals surface area contributed by atoms with Crippen LogP contribution < -0.4 is 0 Å². The van der Waals surface area contributed by atoms with E-state index in [1.807, 2.05) is 12.1 Å². The minimum atomic E-state index is -0.116. The molecule has 0 aliphatic heterocycles. The predicted molar refractivity (Wildman–Crippen MR) is 110 cm³/mol. The summed E-state index contributed by atoms with van der Waals surface area (Å²) in [6.45, 7) is 2.31. The fraction of sp³-hybridized carbons (Fsp3) is 0.760. The molecule has 0 N–H and O–H groups in total. The van der Waals surface area contributed by atoms with E-state index in [0.29, 0.717) is 0 Å². The first-order valence-corrected chi connectivity index (χ1v) is 11.5. The molecule has 0 saturated heterocycles. The van der Waals surface area contributed by atoms with Gasteiger partial charge in [0, 0.05) is 0 Å². The number of unbranched alkanes of at least 4 members (excludes halogenated alkanes) is 2. The molecule has 2 saturated carbocycles. The predicted octanol–water partition coefficient (Wildman–Crippen LogP) is 7.95. The molecule has 0 amide bonds. The highest BCUT2D eigenvalue weighted by Crippen LogP contribution is 2.43. The van der Waals surface area contributed by atoms with E-state index >= 15 is 0 Å². The van der Waals surface area contributed by atoms with Crippen LogP contribution in [-0.4, -0.2) is 0 Å². The Morgan fingerprint density at radius 1 is 0.731 bits per heavy atom. The lowest BCUT2D eigenvalue weighted by Gasteiger charge is -2.38. The molecule has 1 aromatic rings. The van der Waals surface area contributed by atoms with E-state index in [0.717, 1.165) is 30.1 Å². The first-order chi connectivity index (χ1) is 12.7. The summed E-state index contributed by atoms with van der Waals surface area (Å²) in [6.07, 6.45) is 20.0. The van der Waals surface area contributed by atoms with Gasteiger partial charge >= 0.3 is 0 Å². The molecule has 0 aromatic heterocycles. The van der Waals surface area contributed by atoms with Crippen LogP contribution in [-0.2, 0) is 6.42 Å². The number of benzene rings is 1. The van der Waals surface area contributed by atoms with Crippen molar-refractivity contribution in [3.63, 3.8) is 0 Å². The van der Waals surface area contributed by atoms with E-state index in [2.05, 4.69) is 6.92 Å². The van der Waals surface area contributed by atoms with Gasteiger partial charge in [0.25, 0.3) is 0 Å². The van der Waals surface area contributed by atoms with Crippen molar-refractivity contribution in [1.29, 1.82) is 0 Å². The Hall–Kier alpha value is -0.850. The Morgan fingerprint density at radius 2 is 1.27 bits per heavy atom. The van der Waals surface area contributed by atoms with Gasteiger partial charge in [-0.2, -0.15) is 0 Å². The Balaban J connectivity index is 1.32. The van der Waals surface area contributed by atoms with E-state index in [9.17, 15) is 4.39 Å². The van der Waals surface area contributed by atoms with Gasteiger partial charge in [-0.05, 0) is 79.9 Å². The molecule has 2 aliphatic carbocycles. The third-order valence-electron chi connectivity index (χ3n) is 7.42. The average Bonchev–Trinajstić information content (AvgIpc) is 2.69. The molecule has 0 atom stereocenters. The third-order valence-corrected chi connectivity index (χ3v) is 7.42. The molecule has 3 rings (SSSR count). The molecule has 0 unspecified atom stereocenters. The Kier molecular flexibility index (Phi) is 8.02. The number of hydrogen-bond donors (Lipinski definition) is 0. The van der Waals surface area contributed by atoms with Crippen molar-refractivity contribution in [3.8, 4) is 0 Å². The van der Waals surface area contributed by atoms with Crippen LogP contribution >= 0.6 is 0 Å². The smallest absolute Gasteiger partial charge is 0.123 e. The molecular formula is C25H39F. The lowest BCUT2D eigenvalue weighted by atomic mass is 9.68. The Labute approximate surface area is 161 Å². The van der Waals surface area contributed by atoms with Crippen molar-refractivity contribution < 1.29 is 4.39 Å². The van der Waals surface area contributed by atoms with Gasteiger partial charge in [-0.1, -0.05) is 70.4 Å². The second-order valence-corrected chi connectivity index (χ2v) is 9.22. The molecule has 0 heterocycles. The van der Waals surface area contributed by atoms with E-state index < -0.39 is 0 Å². The molecule has 2 aliphatic rings. The summed E-state index contributed by atoms with van der Waals surface area (Å²) in [6, 6.07) is 7.12. The third kappa shape index (κ3) is 6.10. The zero-order valence-electron chi connectivity index (χ0n) is 16.9. The van der Waals surface area contributed by atoms with Crippen molar-refractivity contribution in [2.45, 2.75) is 96.8 Å². The van der Waals surface area contributed by atoms with Crippen LogP contribution in [0.5, 0.6) is 0 Å². The first-order valence-electron chi connectivity index (χ1n) is 11.5. The summed E-state index contributed by atoms with van der Waals surface area (Å²) in [5.41, 5.74) is 1.30. The maximum Gasteiger partial charge on any atom is 0.123 e. The standard InChI is InChI=1S/C25H39F/c1-2-3-4-5-20-8-14-23(15-9-20)24-16-10-21(11-17-24)6-7-22-12-18-25(26)19-13-22/h12-13,18-21,23-24H,2-11,14-17H2,1H3/t20?,21-,23?,24-. The van der Waals surface area contributed by atoms with Crippen molar-refractivity contribution in [1.82, 2.24) is 0 Å². The van der Waals surface area contributed by atoms with Gasteiger partial charge in [0.05, 0.1) is 0 Å². The van der Waals surface area contributed by atoms with E-state index in [4.69, 9.17) is 0 Å². The summed E-state index contributed by atoms with van der Waals surface area (Å²) in [7, 11) is 0. The minimum Gasteiger partial charge on any atom is -0.207 e.